The van der Waals surface area contributed by atoms with Crippen molar-refractivity contribution in [1.82, 2.24) is 5.32 Å². The second kappa shape index (κ2) is 17.5. The molecule has 0 bridgehead atoms. The van der Waals surface area contributed by atoms with Gasteiger partial charge in [0.1, 0.15) is 18.1 Å². The summed E-state index contributed by atoms with van der Waals surface area (Å²) in [5.41, 5.74) is 3.63. The fourth-order valence-corrected chi connectivity index (χ4v) is 5.97. The Morgan fingerprint density at radius 3 is 2.22 bits per heavy atom. The lowest BCUT2D eigenvalue weighted by atomic mass is 10.1. The fraction of sp³-hybridized carbons (Fsp3) is 0.125. The van der Waals surface area contributed by atoms with Gasteiger partial charge < -0.3 is 20.7 Å². The fourth-order valence-electron chi connectivity index (χ4n) is 4.96. The number of nitrogens with zero attached hydrogens (tertiary/aromatic N) is 1. The van der Waals surface area contributed by atoms with Gasteiger partial charge in [0.25, 0.3) is 17.5 Å². The van der Waals surface area contributed by atoms with Crippen molar-refractivity contribution in [2.75, 3.05) is 10.6 Å². The third kappa shape index (κ3) is 10.4. The summed E-state index contributed by atoms with van der Waals surface area (Å²) < 4.78 is 5.89. The Bertz CT molecular complexity index is 2040. The van der Waals surface area contributed by atoms with E-state index >= 15 is 0 Å². The highest BCUT2D eigenvalue weighted by Crippen LogP contribution is 2.30. The number of carbonyl (C=O) groups excluding carboxylic acids is 3. The quantitative estimate of drug-likeness (QED) is 0.0458. The number of nitro benzene ring substituents is 1. The first-order valence-electron chi connectivity index (χ1n) is 16.2. The van der Waals surface area contributed by atoms with Gasteiger partial charge in [0.05, 0.1) is 10.2 Å². The lowest BCUT2D eigenvalue weighted by Gasteiger charge is -2.17. The van der Waals surface area contributed by atoms with E-state index in [0.717, 1.165) is 10.5 Å². The Balaban J connectivity index is 1.29. The Labute approximate surface area is 300 Å². The number of hydrogen-bond donors (Lipinski definition) is 3. The summed E-state index contributed by atoms with van der Waals surface area (Å²) in [7, 11) is 0. The van der Waals surface area contributed by atoms with Crippen LogP contribution in [0.2, 0.25) is 0 Å². The van der Waals surface area contributed by atoms with Gasteiger partial charge >= 0.3 is 0 Å². The molecule has 51 heavy (non-hydrogen) atoms. The Kier molecular flexibility index (Phi) is 12.4. The maximum absolute atomic E-state index is 13.7. The van der Waals surface area contributed by atoms with Crippen molar-refractivity contribution in [2.45, 2.75) is 37.0 Å². The van der Waals surface area contributed by atoms with Crippen molar-refractivity contribution < 1.29 is 24.0 Å². The molecule has 0 fully saturated rings. The predicted octanol–water partition coefficient (Wildman–Crippen LogP) is 8.40. The van der Waals surface area contributed by atoms with E-state index in [1.54, 1.807) is 85.8 Å². The molecule has 0 saturated carbocycles. The molecule has 0 heterocycles. The van der Waals surface area contributed by atoms with E-state index in [2.05, 4.69) is 16.0 Å². The molecule has 258 valence electrons. The molecule has 0 aromatic heterocycles. The van der Waals surface area contributed by atoms with E-state index in [1.165, 1.54) is 30.0 Å². The number of nitro groups is 1. The molecule has 3 N–H and O–H groups in total. The minimum absolute atomic E-state index is 0.0316. The van der Waals surface area contributed by atoms with Crippen LogP contribution in [0.25, 0.3) is 6.08 Å². The van der Waals surface area contributed by atoms with E-state index in [4.69, 9.17) is 4.74 Å². The van der Waals surface area contributed by atoms with Crippen LogP contribution in [-0.2, 0) is 16.2 Å². The first-order valence-corrected chi connectivity index (χ1v) is 17.1. The normalized spacial score (nSPS) is 11.6. The number of benzene rings is 5. The average molecular weight is 701 g/mol. The second-order valence-corrected chi connectivity index (χ2v) is 12.7. The Morgan fingerprint density at radius 2 is 1.55 bits per heavy atom. The molecule has 0 spiro atoms. The minimum Gasteiger partial charge on any atom is -0.489 e. The number of amides is 3. The number of nitrogens with one attached hydrogen (secondary N) is 3. The summed E-state index contributed by atoms with van der Waals surface area (Å²) in [6, 6.07) is 37.0. The number of aryl methyl sites for hydroxylation is 1. The van der Waals surface area contributed by atoms with Crippen LogP contribution in [0.5, 0.6) is 5.75 Å². The highest BCUT2D eigenvalue weighted by atomic mass is 32.2. The average Bonchev–Trinajstić information content (AvgIpc) is 3.14. The molecule has 0 saturated heterocycles. The molecular weight excluding hydrogens is 665 g/mol. The first kappa shape index (κ1) is 36.1. The van der Waals surface area contributed by atoms with Crippen LogP contribution in [0.1, 0.15) is 40.4 Å². The van der Waals surface area contributed by atoms with Gasteiger partial charge in [-0.3, -0.25) is 24.5 Å². The molecule has 5 rings (SSSR count). The van der Waals surface area contributed by atoms with Gasteiger partial charge in [0.15, 0.2) is 0 Å². The standard InChI is InChI=1S/C40H36N4O6S/c1-3-37(40(47)42-35-22-19-32(44(48)49)23-27(35)2)51-34-16-10-15-31(25-34)41-39(46)36(43-38(45)30-13-8-5-9-14-30)24-28-17-20-33(21-18-28)50-26-29-11-6-4-7-12-29/h4-25,37H,3,26H2,1-2H3,(H,41,46)(H,42,47)(H,43,45)/b36-24-. The number of anilines is 2. The molecule has 5 aromatic rings. The van der Waals surface area contributed by atoms with Crippen LogP contribution in [0.3, 0.4) is 0 Å². The lowest BCUT2D eigenvalue weighted by molar-refractivity contribution is -0.384. The van der Waals surface area contributed by atoms with Crippen LogP contribution >= 0.6 is 11.8 Å². The topological polar surface area (TPSA) is 140 Å². The van der Waals surface area contributed by atoms with Crippen molar-refractivity contribution >= 4 is 52.6 Å². The molecule has 11 heteroatoms. The first-order chi connectivity index (χ1) is 24.7. The Hall–Kier alpha value is -6.20. The zero-order chi connectivity index (χ0) is 36.2. The van der Waals surface area contributed by atoms with Crippen molar-refractivity contribution in [2.24, 2.45) is 0 Å². The van der Waals surface area contributed by atoms with E-state index in [1.807, 2.05) is 43.3 Å². The minimum atomic E-state index is -0.538. The van der Waals surface area contributed by atoms with Crippen LogP contribution in [0.15, 0.2) is 138 Å². The third-order valence-corrected chi connectivity index (χ3v) is 9.04. The summed E-state index contributed by atoms with van der Waals surface area (Å²) >= 11 is 1.33. The largest absolute Gasteiger partial charge is 0.489 e. The summed E-state index contributed by atoms with van der Waals surface area (Å²) in [6.45, 7) is 4.00. The maximum Gasteiger partial charge on any atom is 0.272 e. The molecular formula is C40H36N4O6S. The number of thioether (sulfide) groups is 1. The molecule has 0 aliphatic carbocycles. The maximum atomic E-state index is 13.7. The van der Waals surface area contributed by atoms with Crippen LogP contribution < -0.4 is 20.7 Å². The molecule has 1 atom stereocenters. The van der Waals surface area contributed by atoms with Gasteiger partial charge in [-0.15, -0.1) is 11.8 Å². The zero-order valence-corrected chi connectivity index (χ0v) is 28.8. The van der Waals surface area contributed by atoms with Crippen molar-refractivity contribution in [1.29, 1.82) is 0 Å². The van der Waals surface area contributed by atoms with Crippen molar-refractivity contribution in [3.8, 4) is 5.75 Å². The SMILES string of the molecule is CCC(Sc1cccc(NC(=O)/C(=C/c2ccc(OCc3ccccc3)cc2)NC(=O)c2ccccc2)c1)C(=O)Nc1ccc([N+](=O)[O-])cc1C. The van der Waals surface area contributed by atoms with Gasteiger partial charge in [-0.05, 0) is 84.6 Å². The highest BCUT2D eigenvalue weighted by molar-refractivity contribution is 8.00. The van der Waals surface area contributed by atoms with Crippen molar-refractivity contribution in [3.63, 3.8) is 0 Å². The lowest BCUT2D eigenvalue weighted by Crippen LogP contribution is -2.30. The molecule has 0 aliphatic rings. The number of carbonyl (C=O) groups is 3. The zero-order valence-electron chi connectivity index (χ0n) is 28.0. The molecule has 5 aromatic carbocycles. The summed E-state index contributed by atoms with van der Waals surface area (Å²) in [4.78, 5) is 51.3. The number of non-ortho nitro benzene ring substituents is 1. The van der Waals surface area contributed by atoms with Crippen LogP contribution in [0, 0.1) is 17.0 Å². The molecule has 1 unspecified atom stereocenters. The van der Waals surface area contributed by atoms with Gasteiger partial charge in [-0.25, -0.2) is 0 Å². The van der Waals surface area contributed by atoms with Gasteiger partial charge in [0, 0.05) is 34.0 Å². The third-order valence-electron chi connectivity index (χ3n) is 7.68. The number of hydrogen-bond acceptors (Lipinski definition) is 7. The summed E-state index contributed by atoms with van der Waals surface area (Å²) in [5, 5.41) is 19.1. The Morgan fingerprint density at radius 1 is 0.843 bits per heavy atom. The smallest absolute Gasteiger partial charge is 0.272 e. The van der Waals surface area contributed by atoms with Gasteiger partial charge in [0.2, 0.25) is 5.91 Å². The molecule has 0 radical (unpaired) electrons. The van der Waals surface area contributed by atoms with E-state index in [-0.39, 0.29) is 17.3 Å². The summed E-state index contributed by atoms with van der Waals surface area (Å²) in [6.07, 6.45) is 2.10. The van der Waals surface area contributed by atoms with E-state index in [9.17, 15) is 24.5 Å². The molecule has 3 amide bonds. The predicted molar refractivity (Wildman–Crippen MR) is 201 cm³/mol. The van der Waals surface area contributed by atoms with Crippen molar-refractivity contribution in [3.05, 3.63) is 165 Å². The molecule has 0 aliphatic heterocycles. The van der Waals surface area contributed by atoms with Gasteiger partial charge in [-0.1, -0.05) is 73.7 Å². The molecule has 10 nitrogen and oxygen atoms in total. The van der Waals surface area contributed by atoms with Crippen LogP contribution in [0.4, 0.5) is 17.1 Å². The number of ether oxygens (including phenoxy) is 1. The number of rotatable bonds is 14. The van der Waals surface area contributed by atoms with E-state index in [0.29, 0.717) is 46.8 Å². The van der Waals surface area contributed by atoms with E-state index < -0.39 is 22.0 Å². The van der Waals surface area contributed by atoms with Gasteiger partial charge in [-0.2, -0.15) is 0 Å². The monoisotopic (exact) mass is 700 g/mol. The second-order valence-electron chi connectivity index (χ2n) is 11.5. The summed E-state index contributed by atoms with van der Waals surface area (Å²) in [5.74, 6) is -0.570. The van der Waals surface area contributed by atoms with Crippen LogP contribution in [-0.4, -0.2) is 27.9 Å². The highest BCUT2D eigenvalue weighted by Gasteiger charge is 2.21.